The highest BCUT2D eigenvalue weighted by Crippen LogP contribution is 2.30. The van der Waals surface area contributed by atoms with E-state index in [4.69, 9.17) is 0 Å². The predicted octanol–water partition coefficient (Wildman–Crippen LogP) is 4.64. The molecular weight excluding hydrogens is 339 g/mol. The van der Waals surface area contributed by atoms with E-state index in [1.807, 2.05) is 30.5 Å². The van der Waals surface area contributed by atoms with Crippen molar-refractivity contribution in [1.29, 1.82) is 0 Å². The van der Waals surface area contributed by atoms with Crippen LogP contribution in [0, 0.1) is 5.82 Å². The van der Waals surface area contributed by atoms with Crippen LogP contribution in [0.4, 0.5) is 27.4 Å². The van der Waals surface area contributed by atoms with E-state index in [2.05, 4.69) is 20.6 Å². The van der Waals surface area contributed by atoms with Gasteiger partial charge in [0.05, 0.1) is 23.1 Å². The molecule has 0 aliphatic rings. The van der Waals surface area contributed by atoms with Crippen LogP contribution in [-0.2, 0) is 0 Å². The summed E-state index contributed by atoms with van der Waals surface area (Å²) in [5, 5.41) is 6.25. The average molecular weight is 354 g/mol. The van der Waals surface area contributed by atoms with Crippen LogP contribution >= 0.6 is 11.8 Å². The summed E-state index contributed by atoms with van der Waals surface area (Å²) in [6, 6.07) is 12.4. The molecule has 2 aromatic heterocycles. The third kappa shape index (κ3) is 4.13. The number of benzene rings is 1. The topological polar surface area (TPSA) is 66.9 Å². The monoisotopic (exact) mass is 354 g/mol. The Morgan fingerprint density at radius 1 is 1.00 bits per heavy atom. The van der Waals surface area contributed by atoms with E-state index in [1.54, 1.807) is 17.8 Å². The Morgan fingerprint density at radius 3 is 2.52 bits per heavy atom. The van der Waals surface area contributed by atoms with Gasteiger partial charge in [0.15, 0.2) is 6.29 Å². The summed E-state index contributed by atoms with van der Waals surface area (Å²) in [4.78, 5) is 20.5. The first kappa shape index (κ1) is 16.9. The number of anilines is 4. The van der Waals surface area contributed by atoms with E-state index in [1.165, 1.54) is 18.3 Å². The molecule has 0 saturated heterocycles. The van der Waals surface area contributed by atoms with Crippen LogP contribution in [0.25, 0.3) is 0 Å². The van der Waals surface area contributed by atoms with E-state index < -0.39 is 5.82 Å². The van der Waals surface area contributed by atoms with Crippen molar-refractivity contribution < 1.29 is 9.18 Å². The van der Waals surface area contributed by atoms with Crippen LogP contribution in [0.15, 0.2) is 59.8 Å². The fourth-order valence-corrected chi connectivity index (χ4v) is 2.76. The Morgan fingerprint density at radius 2 is 1.80 bits per heavy atom. The van der Waals surface area contributed by atoms with Gasteiger partial charge in [-0.2, -0.15) is 0 Å². The van der Waals surface area contributed by atoms with Gasteiger partial charge in [-0.15, -0.1) is 11.8 Å². The second-order valence-corrected chi connectivity index (χ2v) is 5.93. The molecule has 5 nitrogen and oxygen atoms in total. The number of nitrogens with zero attached hydrogens (tertiary/aromatic N) is 2. The number of pyridine rings is 2. The number of rotatable bonds is 6. The van der Waals surface area contributed by atoms with Crippen molar-refractivity contribution >= 4 is 41.1 Å². The number of aldehydes is 1. The zero-order chi connectivity index (χ0) is 17.6. The Balaban J connectivity index is 1.89. The van der Waals surface area contributed by atoms with Crippen molar-refractivity contribution in [3.63, 3.8) is 0 Å². The van der Waals surface area contributed by atoms with Crippen molar-refractivity contribution in [1.82, 2.24) is 9.97 Å². The fourth-order valence-electron chi connectivity index (χ4n) is 2.21. The largest absolute Gasteiger partial charge is 0.354 e. The Labute approximate surface area is 148 Å². The van der Waals surface area contributed by atoms with Crippen LogP contribution in [0.3, 0.4) is 0 Å². The Kier molecular flexibility index (Phi) is 5.25. The molecule has 0 atom stereocenters. The molecule has 25 heavy (non-hydrogen) atoms. The second kappa shape index (κ2) is 7.76. The number of para-hydroxylation sites is 1. The molecule has 0 unspecified atom stereocenters. The van der Waals surface area contributed by atoms with Crippen molar-refractivity contribution in [3.05, 3.63) is 66.2 Å². The molecule has 0 bridgehead atoms. The van der Waals surface area contributed by atoms with Gasteiger partial charge in [0.2, 0.25) is 0 Å². The molecule has 0 fully saturated rings. The highest BCUT2D eigenvalue weighted by Gasteiger charge is 2.08. The number of carbonyl (C=O) groups excluding carboxylic acids is 1. The van der Waals surface area contributed by atoms with E-state index in [9.17, 15) is 9.18 Å². The normalized spacial score (nSPS) is 10.3. The molecule has 2 N–H and O–H groups in total. The predicted molar refractivity (Wildman–Crippen MR) is 98.6 cm³/mol. The summed E-state index contributed by atoms with van der Waals surface area (Å²) in [7, 11) is 0. The Bertz CT molecular complexity index is 886. The lowest BCUT2D eigenvalue weighted by atomic mass is 10.2. The maximum Gasteiger partial charge on any atom is 0.153 e. The molecule has 0 amide bonds. The lowest BCUT2D eigenvalue weighted by molar-refractivity contribution is 0.112. The molecule has 7 heteroatoms. The molecular formula is C18H15FN4OS. The van der Waals surface area contributed by atoms with Crippen LogP contribution in [0.1, 0.15) is 10.4 Å². The van der Waals surface area contributed by atoms with Crippen LogP contribution in [0.5, 0.6) is 0 Å². The number of carbonyl (C=O) groups is 1. The molecule has 2 heterocycles. The molecule has 126 valence electrons. The Hall–Kier alpha value is -2.93. The van der Waals surface area contributed by atoms with Gasteiger partial charge in [0.25, 0.3) is 0 Å². The van der Waals surface area contributed by atoms with Gasteiger partial charge in [-0.05, 0) is 30.5 Å². The number of aromatic nitrogens is 2. The first-order valence-electron chi connectivity index (χ1n) is 7.43. The number of hydrogen-bond donors (Lipinski definition) is 2. The summed E-state index contributed by atoms with van der Waals surface area (Å²) in [6.07, 6.45) is 5.33. The summed E-state index contributed by atoms with van der Waals surface area (Å²) >= 11 is 1.61. The molecule has 3 rings (SSSR count). The van der Waals surface area contributed by atoms with Gasteiger partial charge in [0, 0.05) is 17.2 Å². The summed E-state index contributed by atoms with van der Waals surface area (Å²) in [5.41, 5.74) is 1.96. The highest BCUT2D eigenvalue weighted by molar-refractivity contribution is 7.98. The molecule has 0 aliphatic heterocycles. The average Bonchev–Trinajstić information content (AvgIpc) is 2.64. The van der Waals surface area contributed by atoms with Crippen LogP contribution < -0.4 is 10.6 Å². The van der Waals surface area contributed by atoms with Gasteiger partial charge in [-0.25, -0.2) is 14.4 Å². The second-order valence-electron chi connectivity index (χ2n) is 5.09. The maximum atomic E-state index is 12.9. The minimum atomic E-state index is -0.411. The quantitative estimate of drug-likeness (QED) is 0.497. The standard InChI is InChI=1S/C18H15FN4OS/c1-25-16-5-3-2-4-14(16)22-15-8-18(20-9-12(15)11-24)23-17-7-6-13(19)10-21-17/h2-11H,1H3,(H2,20,21,22,23). The van der Waals surface area contributed by atoms with Gasteiger partial charge in [-0.1, -0.05) is 12.1 Å². The van der Waals surface area contributed by atoms with Gasteiger partial charge >= 0.3 is 0 Å². The summed E-state index contributed by atoms with van der Waals surface area (Å²) < 4.78 is 12.9. The maximum absolute atomic E-state index is 12.9. The SMILES string of the molecule is CSc1ccccc1Nc1cc(Nc2ccc(F)cn2)ncc1C=O. The fraction of sp³-hybridized carbons (Fsp3) is 0.0556. The van der Waals surface area contributed by atoms with Crippen molar-refractivity contribution in [2.24, 2.45) is 0 Å². The molecule has 1 aromatic carbocycles. The highest BCUT2D eigenvalue weighted by atomic mass is 32.2. The molecule has 0 aliphatic carbocycles. The van der Waals surface area contributed by atoms with E-state index in [-0.39, 0.29) is 0 Å². The number of halogens is 1. The zero-order valence-corrected chi connectivity index (χ0v) is 14.2. The van der Waals surface area contributed by atoms with E-state index in [0.29, 0.717) is 22.9 Å². The molecule has 0 radical (unpaired) electrons. The third-order valence-electron chi connectivity index (χ3n) is 3.42. The smallest absolute Gasteiger partial charge is 0.153 e. The van der Waals surface area contributed by atoms with Crippen molar-refractivity contribution in [3.8, 4) is 0 Å². The molecule has 0 spiro atoms. The molecule has 0 saturated carbocycles. The minimum Gasteiger partial charge on any atom is -0.354 e. The molecule has 3 aromatic rings. The summed E-state index contributed by atoms with van der Waals surface area (Å²) in [6.45, 7) is 0. The van der Waals surface area contributed by atoms with E-state index in [0.717, 1.165) is 23.1 Å². The van der Waals surface area contributed by atoms with Gasteiger partial charge in [-0.3, -0.25) is 4.79 Å². The van der Waals surface area contributed by atoms with Gasteiger partial charge < -0.3 is 10.6 Å². The first-order chi connectivity index (χ1) is 12.2. The number of hydrogen-bond acceptors (Lipinski definition) is 6. The van der Waals surface area contributed by atoms with Crippen LogP contribution in [0.2, 0.25) is 0 Å². The number of nitrogens with one attached hydrogen (secondary N) is 2. The van der Waals surface area contributed by atoms with Crippen molar-refractivity contribution in [2.75, 3.05) is 16.9 Å². The number of thioether (sulfide) groups is 1. The van der Waals surface area contributed by atoms with Crippen LogP contribution in [-0.4, -0.2) is 22.5 Å². The van der Waals surface area contributed by atoms with Gasteiger partial charge in [0.1, 0.15) is 17.5 Å². The van der Waals surface area contributed by atoms with Crippen molar-refractivity contribution in [2.45, 2.75) is 4.90 Å². The zero-order valence-electron chi connectivity index (χ0n) is 13.4. The lowest BCUT2D eigenvalue weighted by Crippen LogP contribution is -2.01. The first-order valence-corrected chi connectivity index (χ1v) is 8.66. The lowest BCUT2D eigenvalue weighted by Gasteiger charge is -2.13. The summed E-state index contributed by atoms with van der Waals surface area (Å²) in [5.74, 6) is 0.544. The van der Waals surface area contributed by atoms with E-state index >= 15 is 0 Å². The minimum absolute atomic E-state index is 0.411. The third-order valence-corrected chi connectivity index (χ3v) is 4.22.